The van der Waals surface area contributed by atoms with Crippen LogP contribution in [0.3, 0.4) is 0 Å². The minimum atomic E-state index is -0.807. The Morgan fingerprint density at radius 1 is 0.941 bits per heavy atom. The molecule has 3 N–H and O–H groups in total. The third-order valence-corrected chi connectivity index (χ3v) is 7.26. The van der Waals surface area contributed by atoms with Crippen LogP contribution in [-0.4, -0.2) is 41.8 Å². The first-order valence-corrected chi connectivity index (χ1v) is 12.1. The molecule has 7 heteroatoms. The molecule has 7 nitrogen and oxygen atoms in total. The van der Waals surface area contributed by atoms with E-state index >= 15 is 0 Å². The zero-order chi connectivity index (χ0) is 23.7. The van der Waals surface area contributed by atoms with Crippen molar-refractivity contribution in [3.63, 3.8) is 0 Å². The smallest absolute Gasteiger partial charge is 0.407 e. The SMILES string of the molecule is O=C(O)CC1CC(NC(=O)[C@H](CC2CC2)NC(=O)OCC2c3ccccc3-c3ccccc32)C1. The molecule has 0 spiro atoms. The number of carboxylic acid groups (broad SMARTS) is 1. The summed E-state index contributed by atoms with van der Waals surface area (Å²) in [6.07, 6.45) is 3.62. The van der Waals surface area contributed by atoms with Gasteiger partial charge in [-0.15, -0.1) is 0 Å². The molecule has 0 bridgehead atoms. The maximum atomic E-state index is 12.9. The van der Waals surface area contributed by atoms with Gasteiger partial charge in [-0.25, -0.2) is 4.79 Å². The Kier molecular flexibility index (Phi) is 6.26. The van der Waals surface area contributed by atoms with Crippen LogP contribution in [0.25, 0.3) is 11.1 Å². The summed E-state index contributed by atoms with van der Waals surface area (Å²) in [5, 5.41) is 14.7. The molecule has 34 heavy (non-hydrogen) atoms. The lowest BCUT2D eigenvalue weighted by molar-refractivity contribution is -0.139. The molecule has 0 saturated heterocycles. The zero-order valence-corrected chi connectivity index (χ0v) is 19.0. The Hall–Kier alpha value is -3.35. The molecule has 2 aromatic carbocycles. The molecule has 3 aliphatic carbocycles. The summed E-state index contributed by atoms with van der Waals surface area (Å²) < 4.78 is 5.63. The highest BCUT2D eigenvalue weighted by atomic mass is 16.5. The quantitative estimate of drug-likeness (QED) is 0.521. The summed E-state index contributed by atoms with van der Waals surface area (Å²) >= 11 is 0. The van der Waals surface area contributed by atoms with Crippen LogP contribution in [0, 0.1) is 11.8 Å². The van der Waals surface area contributed by atoms with E-state index in [1.54, 1.807) is 0 Å². The molecule has 0 radical (unpaired) electrons. The largest absolute Gasteiger partial charge is 0.481 e. The lowest BCUT2D eigenvalue weighted by Crippen LogP contribution is -2.53. The summed E-state index contributed by atoms with van der Waals surface area (Å²) in [7, 11) is 0. The van der Waals surface area contributed by atoms with Gasteiger partial charge in [-0.1, -0.05) is 61.4 Å². The van der Waals surface area contributed by atoms with Crippen molar-refractivity contribution in [2.45, 2.75) is 56.5 Å². The molecule has 2 saturated carbocycles. The number of hydrogen-bond acceptors (Lipinski definition) is 4. The van der Waals surface area contributed by atoms with Gasteiger partial charge in [-0.3, -0.25) is 9.59 Å². The molecule has 0 aromatic heterocycles. The number of alkyl carbamates (subject to hydrolysis) is 1. The number of carbonyl (C=O) groups excluding carboxylic acids is 2. The van der Waals surface area contributed by atoms with Crippen LogP contribution in [0.1, 0.15) is 55.6 Å². The maximum absolute atomic E-state index is 12.9. The predicted molar refractivity (Wildman–Crippen MR) is 126 cm³/mol. The van der Waals surface area contributed by atoms with Crippen molar-refractivity contribution in [3.05, 3.63) is 59.7 Å². The number of ether oxygens (including phenoxy) is 1. The molecular weight excluding hydrogens is 432 g/mol. The second-order valence-corrected chi connectivity index (χ2v) is 9.84. The van der Waals surface area contributed by atoms with Gasteiger partial charge in [-0.2, -0.15) is 0 Å². The Balaban J connectivity index is 1.17. The van der Waals surface area contributed by atoms with Crippen LogP contribution < -0.4 is 10.6 Å². The van der Waals surface area contributed by atoms with Crippen molar-refractivity contribution in [2.75, 3.05) is 6.61 Å². The fourth-order valence-electron chi connectivity index (χ4n) is 5.27. The van der Waals surface area contributed by atoms with Crippen LogP contribution in [-0.2, 0) is 14.3 Å². The summed E-state index contributed by atoms with van der Waals surface area (Å²) in [6.45, 7) is 0.205. The van der Waals surface area contributed by atoms with Gasteiger partial charge in [0.2, 0.25) is 5.91 Å². The zero-order valence-electron chi connectivity index (χ0n) is 19.0. The number of carbonyl (C=O) groups is 3. The minimum Gasteiger partial charge on any atom is -0.481 e. The minimum absolute atomic E-state index is 0.0251. The van der Waals surface area contributed by atoms with Gasteiger partial charge >= 0.3 is 12.1 Å². The Morgan fingerprint density at radius 2 is 1.56 bits per heavy atom. The number of aliphatic carboxylic acids is 1. The van der Waals surface area contributed by atoms with Gasteiger partial charge in [0.1, 0.15) is 12.6 Å². The van der Waals surface area contributed by atoms with E-state index in [9.17, 15) is 14.4 Å². The number of benzene rings is 2. The summed E-state index contributed by atoms with van der Waals surface area (Å²) in [6, 6.07) is 15.7. The van der Waals surface area contributed by atoms with Gasteiger partial charge in [-0.05, 0) is 53.4 Å². The van der Waals surface area contributed by atoms with Crippen LogP contribution >= 0.6 is 0 Å². The van der Waals surface area contributed by atoms with E-state index in [2.05, 4.69) is 34.9 Å². The lowest BCUT2D eigenvalue weighted by Gasteiger charge is -2.35. The number of fused-ring (bicyclic) bond motifs is 3. The van der Waals surface area contributed by atoms with Gasteiger partial charge in [0.15, 0.2) is 0 Å². The van der Waals surface area contributed by atoms with Crippen LogP contribution in [0.4, 0.5) is 4.79 Å². The number of hydrogen-bond donors (Lipinski definition) is 3. The van der Waals surface area contributed by atoms with E-state index in [1.807, 2.05) is 24.3 Å². The van der Waals surface area contributed by atoms with Gasteiger partial charge in [0.05, 0.1) is 0 Å². The molecule has 2 aromatic rings. The first-order chi connectivity index (χ1) is 16.5. The average Bonchev–Trinajstić information content (AvgIpc) is 3.56. The first-order valence-electron chi connectivity index (χ1n) is 12.1. The van der Waals surface area contributed by atoms with E-state index in [1.165, 1.54) is 11.1 Å². The third-order valence-electron chi connectivity index (χ3n) is 7.26. The van der Waals surface area contributed by atoms with Crippen molar-refractivity contribution in [2.24, 2.45) is 11.8 Å². The first kappa shape index (κ1) is 22.4. The van der Waals surface area contributed by atoms with Crippen molar-refractivity contribution in [3.8, 4) is 11.1 Å². The standard InChI is InChI=1S/C27H30N2O5/c30-25(31)14-17-11-18(12-17)28-26(32)24(13-16-9-10-16)29-27(33)34-15-23-21-7-3-1-5-19(21)20-6-2-4-8-22(20)23/h1-8,16-18,23-24H,9-15H2,(H,28,32)(H,29,33)(H,30,31)/t17?,18?,24-/m0/s1. The highest BCUT2D eigenvalue weighted by molar-refractivity contribution is 5.86. The molecule has 2 fully saturated rings. The van der Waals surface area contributed by atoms with Crippen molar-refractivity contribution >= 4 is 18.0 Å². The summed E-state index contributed by atoms with van der Waals surface area (Å²) in [5.74, 6) is -0.488. The number of nitrogens with one attached hydrogen (secondary N) is 2. The van der Waals surface area contributed by atoms with E-state index in [4.69, 9.17) is 9.84 Å². The molecule has 5 rings (SSSR count). The average molecular weight is 463 g/mol. The maximum Gasteiger partial charge on any atom is 0.407 e. The summed E-state index contributed by atoms with van der Waals surface area (Å²) in [5.41, 5.74) is 4.62. The van der Waals surface area contributed by atoms with Gasteiger partial charge < -0.3 is 20.5 Å². The van der Waals surface area contributed by atoms with E-state index in [0.717, 1.165) is 24.0 Å². The van der Waals surface area contributed by atoms with Crippen LogP contribution in [0.15, 0.2) is 48.5 Å². The van der Waals surface area contributed by atoms with Crippen LogP contribution in [0.5, 0.6) is 0 Å². The van der Waals surface area contributed by atoms with Crippen molar-refractivity contribution in [1.82, 2.24) is 10.6 Å². The molecule has 2 amide bonds. The lowest BCUT2D eigenvalue weighted by atomic mass is 9.78. The van der Waals surface area contributed by atoms with E-state index < -0.39 is 18.1 Å². The second-order valence-electron chi connectivity index (χ2n) is 9.84. The third kappa shape index (κ3) is 4.93. The molecule has 178 valence electrons. The normalized spacial score (nSPS) is 21.5. The molecule has 3 aliphatic rings. The highest BCUT2D eigenvalue weighted by Gasteiger charge is 2.36. The molecule has 1 atom stereocenters. The topological polar surface area (TPSA) is 105 Å². The van der Waals surface area contributed by atoms with Crippen molar-refractivity contribution in [1.29, 1.82) is 0 Å². The predicted octanol–water partition coefficient (Wildman–Crippen LogP) is 4.06. The van der Waals surface area contributed by atoms with Crippen molar-refractivity contribution < 1.29 is 24.2 Å². The molecule has 0 unspecified atom stereocenters. The van der Waals surface area contributed by atoms with E-state index in [-0.39, 0.29) is 36.8 Å². The van der Waals surface area contributed by atoms with Gasteiger partial charge in [0.25, 0.3) is 0 Å². The number of amides is 2. The highest BCUT2D eigenvalue weighted by Crippen LogP contribution is 2.44. The second kappa shape index (κ2) is 9.49. The fourth-order valence-corrected chi connectivity index (χ4v) is 5.27. The number of carboxylic acids is 1. The fraction of sp³-hybridized carbons (Fsp3) is 0.444. The van der Waals surface area contributed by atoms with Crippen LogP contribution in [0.2, 0.25) is 0 Å². The summed E-state index contributed by atoms with van der Waals surface area (Å²) in [4.78, 5) is 36.4. The molecule has 0 aliphatic heterocycles. The Labute approximate surface area is 198 Å². The Morgan fingerprint density at radius 3 is 2.15 bits per heavy atom. The molecule has 0 heterocycles. The van der Waals surface area contributed by atoms with Gasteiger partial charge in [0, 0.05) is 18.4 Å². The Bertz CT molecular complexity index is 1040. The van der Waals surface area contributed by atoms with E-state index in [0.29, 0.717) is 25.2 Å². The number of rotatable bonds is 9. The monoisotopic (exact) mass is 462 g/mol. The molecular formula is C27H30N2O5.